The maximum absolute atomic E-state index is 12.0. The molecule has 1 aromatic rings. The third kappa shape index (κ3) is 5.79. The van der Waals surface area contributed by atoms with E-state index in [1.807, 2.05) is 24.3 Å². The van der Waals surface area contributed by atoms with Gasteiger partial charge in [-0.05, 0) is 59.2 Å². The molecule has 1 rings (SSSR count). The Morgan fingerprint density at radius 2 is 1.73 bits per heavy atom. The van der Waals surface area contributed by atoms with E-state index in [2.05, 4.69) is 17.2 Å². The lowest BCUT2D eigenvalue weighted by Crippen LogP contribution is -2.44. The van der Waals surface area contributed by atoms with Gasteiger partial charge in [0, 0.05) is 5.56 Å². The second-order valence-electron chi connectivity index (χ2n) is 6.73. The summed E-state index contributed by atoms with van der Waals surface area (Å²) in [6.45, 7) is 10.5. The van der Waals surface area contributed by atoms with Crippen LogP contribution >= 0.6 is 0 Å². The molecule has 4 nitrogen and oxygen atoms in total. The van der Waals surface area contributed by atoms with Crippen molar-refractivity contribution in [2.45, 2.75) is 58.8 Å². The summed E-state index contributed by atoms with van der Waals surface area (Å²) in [5.74, 6) is 5.79. The summed E-state index contributed by atoms with van der Waals surface area (Å²) in [6, 6.07) is 6.84. The zero-order valence-corrected chi connectivity index (χ0v) is 14.2. The van der Waals surface area contributed by atoms with E-state index in [4.69, 9.17) is 4.74 Å². The molecule has 1 aromatic carbocycles. The number of alkyl carbamates (subject to hydrolysis) is 1. The van der Waals surface area contributed by atoms with Crippen LogP contribution < -0.4 is 5.32 Å². The molecule has 4 heteroatoms. The van der Waals surface area contributed by atoms with Crippen LogP contribution in [0.5, 0.6) is 0 Å². The first-order valence-corrected chi connectivity index (χ1v) is 7.27. The predicted molar refractivity (Wildman–Crippen MR) is 87.4 cm³/mol. The van der Waals surface area contributed by atoms with Crippen LogP contribution in [-0.2, 0) is 4.74 Å². The fourth-order valence-corrected chi connectivity index (χ4v) is 2.00. The highest BCUT2D eigenvalue weighted by molar-refractivity contribution is 5.68. The van der Waals surface area contributed by atoms with Gasteiger partial charge < -0.3 is 15.2 Å². The smallest absolute Gasteiger partial charge is 0.408 e. The number of carbonyl (C=O) groups excluding carboxylic acids is 1. The second kappa shape index (κ2) is 6.85. The molecule has 2 N–H and O–H groups in total. The third-order valence-corrected chi connectivity index (χ3v) is 2.88. The topological polar surface area (TPSA) is 58.6 Å². The second-order valence-corrected chi connectivity index (χ2v) is 6.73. The van der Waals surface area contributed by atoms with Crippen molar-refractivity contribution in [2.75, 3.05) is 0 Å². The summed E-state index contributed by atoms with van der Waals surface area (Å²) in [7, 11) is 0. The summed E-state index contributed by atoms with van der Waals surface area (Å²) in [5, 5.41) is 13.1. The molecule has 0 aliphatic carbocycles. The minimum atomic E-state index is -1.13. The van der Waals surface area contributed by atoms with Crippen molar-refractivity contribution < 1.29 is 14.6 Å². The normalized spacial score (nSPS) is 12.9. The van der Waals surface area contributed by atoms with E-state index < -0.39 is 23.3 Å². The molecule has 0 spiro atoms. The largest absolute Gasteiger partial charge is 0.444 e. The molecule has 0 aliphatic rings. The lowest BCUT2D eigenvalue weighted by atomic mass is 9.91. The first kappa shape index (κ1) is 18.1. The van der Waals surface area contributed by atoms with E-state index in [1.165, 1.54) is 0 Å². The number of ether oxygens (including phenoxy) is 1. The van der Waals surface area contributed by atoms with Crippen molar-refractivity contribution in [1.29, 1.82) is 0 Å². The molecule has 22 heavy (non-hydrogen) atoms. The van der Waals surface area contributed by atoms with Crippen molar-refractivity contribution in [3.63, 3.8) is 0 Å². The fourth-order valence-electron chi connectivity index (χ4n) is 2.00. The molecule has 120 valence electrons. The van der Waals surface area contributed by atoms with Crippen LogP contribution in [0.3, 0.4) is 0 Å². The van der Waals surface area contributed by atoms with Gasteiger partial charge in [-0.1, -0.05) is 18.1 Å². The van der Waals surface area contributed by atoms with Gasteiger partial charge in [-0.25, -0.2) is 4.79 Å². The molecule has 0 bridgehead atoms. The van der Waals surface area contributed by atoms with Crippen LogP contribution in [0.15, 0.2) is 24.3 Å². The molecule has 0 unspecified atom stereocenters. The van der Waals surface area contributed by atoms with Crippen LogP contribution in [0.4, 0.5) is 4.79 Å². The molecule has 0 saturated carbocycles. The summed E-state index contributed by atoms with van der Waals surface area (Å²) >= 11 is 0. The van der Waals surface area contributed by atoms with Crippen LogP contribution in [0, 0.1) is 11.8 Å². The van der Waals surface area contributed by atoms with Gasteiger partial charge in [0.05, 0.1) is 11.6 Å². The monoisotopic (exact) mass is 303 g/mol. The molecule has 0 fully saturated rings. The Morgan fingerprint density at radius 3 is 2.14 bits per heavy atom. The SMILES string of the molecule is CC#Cc1ccc([C@H](NC(=O)OC(C)(C)C)C(C)(C)O)cc1. The van der Waals surface area contributed by atoms with Crippen molar-refractivity contribution in [2.24, 2.45) is 0 Å². The Balaban J connectivity index is 2.98. The van der Waals surface area contributed by atoms with Gasteiger partial charge in [0.1, 0.15) is 5.60 Å². The Kier molecular flexibility index (Phi) is 5.62. The van der Waals surface area contributed by atoms with Crippen molar-refractivity contribution in [1.82, 2.24) is 5.32 Å². The van der Waals surface area contributed by atoms with Crippen LogP contribution in [0.2, 0.25) is 0 Å². The highest BCUT2D eigenvalue weighted by atomic mass is 16.6. The average Bonchev–Trinajstić information content (AvgIpc) is 2.34. The van der Waals surface area contributed by atoms with E-state index >= 15 is 0 Å². The summed E-state index contributed by atoms with van der Waals surface area (Å²) in [6.07, 6.45) is -0.558. The maximum Gasteiger partial charge on any atom is 0.408 e. The number of hydrogen-bond donors (Lipinski definition) is 2. The highest BCUT2D eigenvalue weighted by Crippen LogP contribution is 2.26. The molecular weight excluding hydrogens is 278 g/mol. The van der Waals surface area contributed by atoms with Crippen molar-refractivity contribution >= 4 is 6.09 Å². The van der Waals surface area contributed by atoms with Crippen LogP contribution in [-0.4, -0.2) is 22.4 Å². The van der Waals surface area contributed by atoms with Gasteiger partial charge in [-0.3, -0.25) is 0 Å². The molecule has 1 atom stereocenters. The number of aliphatic hydroxyl groups is 1. The first-order chi connectivity index (χ1) is 10.0. The van der Waals surface area contributed by atoms with E-state index in [9.17, 15) is 9.90 Å². The van der Waals surface area contributed by atoms with E-state index in [-0.39, 0.29) is 0 Å². The standard InChI is InChI=1S/C18H25NO3/c1-7-8-13-9-11-14(12-10-13)15(18(5,6)21)19-16(20)22-17(2,3)4/h9-12,15,21H,1-6H3,(H,19,20)/t15-/m0/s1. The number of hydrogen-bond acceptors (Lipinski definition) is 3. The molecule has 1 amide bonds. The third-order valence-electron chi connectivity index (χ3n) is 2.88. The Bertz CT molecular complexity index is 566. The molecule has 0 aliphatic heterocycles. The van der Waals surface area contributed by atoms with Crippen LogP contribution in [0.1, 0.15) is 58.7 Å². The number of benzene rings is 1. The number of nitrogens with one attached hydrogen (secondary N) is 1. The van der Waals surface area contributed by atoms with E-state index in [1.54, 1.807) is 41.5 Å². The van der Waals surface area contributed by atoms with Crippen LogP contribution in [0.25, 0.3) is 0 Å². The van der Waals surface area contributed by atoms with Gasteiger partial charge in [-0.15, -0.1) is 5.92 Å². The van der Waals surface area contributed by atoms with Crippen molar-refractivity contribution in [3.8, 4) is 11.8 Å². The zero-order chi connectivity index (χ0) is 17.0. The first-order valence-electron chi connectivity index (χ1n) is 7.27. The van der Waals surface area contributed by atoms with E-state index in [0.717, 1.165) is 11.1 Å². The number of amides is 1. The molecular formula is C18H25NO3. The average molecular weight is 303 g/mol. The molecule has 0 heterocycles. The lowest BCUT2D eigenvalue weighted by Gasteiger charge is -2.31. The quantitative estimate of drug-likeness (QED) is 0.841. The van der Waals surface area contributed by atoms with Gasteiger partial charge in [0.2, 0.25) is 0 Å². The van der Waals surface area contributed by atoms with E-state index in [0.29, 0.717) is 0 Å². The fraction of sp³-hybridized carbons (Fsp3) is 0.500. The minimum Gasteiger partial charge on any atom is -0.444 e. The summed E-state index contributed by atoms with van der Waals surface area (Å²) in [5.41, 5.74) is -0.0399. The van der Waals surface area contributed by atoms with Gasteiger partial charge in [0.25, 0.3) is 0 Å². The zero-order valence-electron chi connectivity index (χ0n) is 14.2. The highest BCUT2D eigenvalue weighted by Gasteiger charge is 2.31. The molecule has 0 saturated heterocycles. The van der Waals surface area contributed by atoms with Gasteiger partial charge in [-0.2, -0.15) is 0 Å². The van der Waals surface area contributed by atoms with Gasteiger partial charge >= 0.3 is 6.09 Å². The minimum absolute atomic E-state index is 0.558. The van der Waals surface area contributed by atoms with Crippen molar-refractivity contribution in [3.05, 3.63) is 35.4 Å². The van der Waals surface area contributed by atoms with Gasteiger partial charge in [0.15, 0.2) is 0 Å². The Labute approximate surface area is 132 Å². The Morgan fingerprint density at radius 1 is 1.18 bits per heavy atom. The molecule has 0 radical (unpaired) electrons. The predicted octanol–water partition coefficient (Wildman–Crippen LogP) is 3.39. The number of carbonyl (C=O) groups is 1. The molecule has 0 aromatic heterocycles. The summed E-state index contributed by atoms with van der Waals surface area (Å²) < 4.78 is 5.26. The Hall–Kier alpha value is -1.99. The number of rotatable bonds is 3. The lowest BCUT2D eigenvalue weighted by molar-refractivity contribution is 0.0163. The maximum atomic E-state index is 12.0. The summed E-state index contributed by atoms with van der Waals surface area (Å²) in [4.78, 5) is 12.0.